The maximum atomic E-state index is 13.1. The lowest BCUT2D eigenvalue weighted by molar-refractivity contribution is 0.250. The number of nitrogens with one attached hydrogen (secondary N) is 1. The molecule has 0 bridgehead atoms. The third-order valence-corrected chi connectivity index (χ3v) is 4.77. The number of amides is 2. The van der Waals surface area contributed by atoms with E-state index in [1.807, 2.05) is 36.9 Å². The Hall–Kier alpha value is -2.30. The topological polar surface area (TPSA) is 58.4 Å². The Morgan fingerprint density at radius 3 is 2.88 bits per heavy atom. The van der Waals surface area contributed by atoms with Crippen molar-refractivity contribution in [3.63, 3.8) is 0 Å². The number of hydrogen-bond acceptors (Lipinski definition) is 3. The quantitative estimate of drug-likeness (QED) is 0.899. The first-order valence-electron chi connectivity index (χ1n) is 8.66. The number of urea groups is 1. The zero-order valence-corrected chi connectivity index (χ0v) is 14.8. The molecule has 0 spiro atoms. The van der Waals surface area contributed by atoms with Gasteiger partial charge in [0, 0.05) is 18.2 Å². The summed E-state index contributed by atoms with van der Waals surface area (Å²) in [5, 5.41) is 7.01. The average Bonchev–Trinajstić information content (AvgIpc) is 2.93. The van der Waals surface area contributed by atoms with Crippen LogP contribution in [0.5, 0.6) is 0 Å². The van der Waals surface area contributed by atoms with Gasteiger partial charge in [-0.1, -0.05) is 44.1 Å². The van der Waals surface area contributed by atoms with Crippen LogP contribution in [0.4, 0.5) is 16.2 Å². The van der Waals surface area contributed by atoms with Crippen molar-refractivity contribution < 1.29 is 9.32 Å². The SMILES string of the molecule is CCc1onc(C)c1NC(=O)N1c2ccccc2CC[C@@H]1C(C)C. The predicted octanol–water partition coefficient (Wildman–Crippen LogP) is 4.55. The summed E-state index contributed by atoms with van der Waals surface area (Å²) < 4.78 is 5.29. The molecular formula is C19H25N3O2. The van der Waals surface area contributed by atoms with Crippen molar-refractivity contribution in [2.24, 2.45) is 5.92 Å². The minimum atomic E-state index is -0.109. The monoisotopic (exact) mass is 327 g/mol. The standard InChI is InChI=1S/C19H25N3O2/c1-5-17-18(13(4)21-24-17)20-19(23)22-15(12(2)3)11-10-14-8-6-7-9-16(14)22/h6-9,12,15H,5,10-11H2,1-4H3,(H,20,23)/t15-/m1/s1. The lowest BCUT2D eigenvalue weighted by Crippen LogP contribution is -2.48. The van der Waals surface area contributed by atoms with Gasteiger partial charge < -0.3 is 9.84 Å². The summed E-state index contributed by atoms with van der Waals surface area (Å²) in [4.78, 5) is 15.0. The molecule has 1 aliphatic heterocycles. The Morgan fingerprint density at radius 2 is 2.17 bits per heavy atom. The summed E-state index contributed by atoms with van der Waals surface area (Å²) in [6.45, 7) is 8.17. The van der Waals surface area contributed by atoms with E-state index in [2.05, 4.69) is 30.4 Å². The van der Waals surface area contributed by atoms with Crippen molar-refractivity contribution in [3.05, 3.63) is 41.3 Å². The summed E-state index contributed by atoms with van der Waals surface area (Å²) in [5.41, 5.74) is 3.65. The first-order chi connectivity index (χ1) is 11.5. The van der Waals surface area contributed by atoms with Crippen LogP contribution in [0, 0.1) is 12.8 Å². The zero-order valence-electron chi connectivity index (χ0n) is 14.8. The second-order valence-electron chi connectivity index (χ2n) is 6.70. The summed E-state index contributed by atoms with van der Waals surface area (Å²) in [6, 6.07) is 8.24. The van der Waals surface area contributed by atoms with E-state index in [9.17, 15) is 4.79 Å². The van der Waals surface area contributed by atoms with Gasteiger partial charge in [0.2, 0.25) is 0 Å². The van der Waals surface area contributed by atoms with E-state index >= 15 is 0 Å². The summed E-state index contributed by atoms with van der Waals surface area (Å²) >= 11 is 0. The van der Waals surface area contributed by atoms with Crippen molar-refractivity contribution in [1.29, 1.82) is 0 Å². The number of carbonyl (C=O) groups is 1. The molecule has 0 radical (unpaired) electrons. The minimum Gasteiger partial charge on any atom is -0.359 e. The van der Waals surface area contributed by atoms with Crippen molar-refractivity contribution in [1.82, 2.24) is 5.16 Å². The summed E-state index contributed by atoms with van der Waals surface area (Å²) in [5.74, 6) is 1.10. The van der Waals surface area contributed by atoms with Gasteiger partial charge in [-0.25, -0.2) is 4.79 Å². The van der Waals surface area contributed by atoms with Crippen LogP contribution in [0.1, 0.15) is 44.2 Å². The van der Waals surface area contributed by atoms with E-state index in [4.69, 9.17) is 4.52 Å². The van der Waals surface area contributed by atoms with Crippen LogP contribution in [-0.2, 0) is 12.8 Å². The smallest absolute Gasteiger partial charge is 0.326 e. The normalized spacial score (nSPS) is 17.0. The molecule has 0 unspecified atom stereocenters. The van der Waals surface area contributed by atoms with Crippen LogP contribution < -0.4 is 10.2 Å². The number of aromatic nitrogens is 1. The maximum Gasteiger partial charge on any atom is 0.326 e. The van der Waals surface area contributed by atoms with Crippen molar-refractivity contribution in [3.8, 4) is 0 Å². The molecule has 24 heavy (non-hydrogen) atoms. The highest BCUT2D eigenvalue weighted by Crippen LogP contribution is 2.34. The van der Waals surface area contributed by atoms with Gasteiger partial charge in [-0.15, -0.1) is 0 Å². The third kappa shape index (κ3) is 2.90. The molecule has 2 heterocycles. The molecule has 0 aliphatic carbocycles. The molecule has 1 aromatic heterocycles. The predicted molar refractivity (Wildman–Crippen MR) is 95.5 cm³/mol. The number of anilines is 2. The summed E-state index contributed by atoms with van der Waals surface area (Å²) in [7, 11) is 0. The molecule has 1 aromatic carbocycles. The van der Waals surface area contributed by atoms with E-state index in [0.29, 0.717) is 29.5 Å². The molecule has 3 rings (SSSR count). The number of rotatable bonds is 3. The molecule has 0 saturated carbocycles. The zero-order chi connectivity index (χ0) is 17.3. The van der Waals surface area contributed by atoms with Gasteiger partial charge in [-0.3, -0.25) is 4.90 Å². The molecular weight excluding hydrogens is 302 g/mol. The van der Waals surface area contributed by atoms with E-state index in [-0.39, 0.29) is 12.1 Å². The van der Waals surface area contributed by atoms with E-state index in [1.54, 1.807) is 0 Å². The molecule has 0 fully saturated rings. The fourth-order valence-electron chi connectivity index (χ4n) is 3.45. The number of nitrogens with zero attached hydrogens (tertiary/aromatic N) is 2. The number of hydrogen-bond donors (Lipinski definition) is 1. The molecule has 5 nitrogen and oxygen atoms in total. The molecule has 2 amide bonds. The van der Waals surface area contributed by atoms with Crippen LogP contribution >= 0.6 is 0 Å². The first-order valence-corrected chi connectivity index (χ1v) is 8.66. The minimum absolute atomic E-state index is 0.109. The van der Waals surface area contributed by atoms with Crippen LogP contribution in [0.25, 0.3) is 0 Å². The average molecular weight is 327 g/mol. The number of aryl methyl sites for hydroxylation is 3. The first kappa shape index (κ1) is 16.6. The molecule has 1 atom stereocenters. The lowest BCUT2D eigenvalue weighted by atomic mass is 9.89. The number of fused-ring (bicyclic) bond motifs is 1. The highest BCUT2D eigenvalue weighted by molar-refractivity contribution is 6.03. The van der Waals surface area contributed by atoms with Gasteiger partial charge >= 0.3 is 6.03 Å². The van der Waals surface area contributed by atoms with Crippen LogP contribution in [0.15, 0.2) is 28.8 Å². The largest absolute Gasteiger partial charge is 0.359 e. The molecule has 5 heteroatoms. The van der Waals surface area contributed by atoms with Gasteiger partial charge in [0.25, 0.3) is 0 Å². The van der Waals surface area contributed by atoms with Crippen LogP contribution in [0.3, 0.4) is 0 Å². The highest BCUT2D eigenvalue weighted by atomic mass is 16.5. The molecule has 0 saturated heterocycles. The van der Waals surface area contributed by atoms with E-state index in [0.717, 1.165) is 18.5 Å². The van der Waals surface area contributed by atoms with Crippen molar-refractivity contribution >= 4 is 17.4 Å². The Balaban J connectivity index is 1.95. The fraction of sp³-hybridized carbons (Fsp3) is 0.474. The number of para-hydroxylation sites is 1. The Kier molecular flexibility index (Phi) is 4.60. The molecule has 1 N–H and O–H groups in total. The maximum absolute atomic E-state index is 13.1. The second-order valence-corrected chi connectivity index (χ2v) is 6.70. The Morgan fingerprint density at radius 1 is 1.42 bits per heavy atom. The van der Waals surface area contributed by atoms with Gasteiger partial charge in [-0.2, -0.15) is 0 Å². The summed E-state index contributed by atoms with van der Waals surface area (Å²) in [6.07, 6.45) is 2.68. The van der Waals surface area contributed by atoms with Crippen LogP contribution in [0.2, 0.25) is 0 Å². The Bertz CT molecular complexity index is 736. The van der Waals surface area contributed by atoms with Gasteiger partial charge in [0.15, 0.2) is 5.76 Å². The van der Waals surface area contributed by atoms with Gasteiger partial charge in [-0.05, 0) is 37.3 Å². The molecule has 1 aliphatic rings. The highest BCUT2D eigenvalue weighted by Gasteiger charge is 2.33. The molecule has 2 aromatic rings. The number of benzene rings is 1. The van der Waals surface area contributed by atoms with E-state index < -0.39 is 0 Å². The fourth-order valence-corrected chi connectivity index (χ4v) is 3.45. The van der Waals surface area contributed by atoms with Crippen LogP contribution in [-0.4, -0.2) is 17.2 Å². The lowest BCUT2D eigenvalue weighted by Gasteiger charge is -2.39. The second kappa shape index (κ2) is 6.67. The van der Waals surface area contributed by atoms with Gasteiger partial charge in [0.05, 0.1) is 0 Å². The van der Waals surface area contributed by atoms with Crippen molar-refractivity contribution in [2.45, 2.75) is 53.0 Å². The van der Waals surface area contributed by atoms with Gasteiger partial charge in [0.1, 0.15) is 11.4 Å². The van der Waals surface area contributed by atoms with E-state index in [1.165, 1.54) is 5.56 Å². The Labute approximate surface area is 143 Å². The number of carbonyl (C=O) groups excluding carboxylic acids is 1. The van der Waals surface area contributed by atoms with Crippen molar-refractivity contribution in [2.75, 3.05) is 10.2 Å². The molecule has 128 valence electrons. The third-order valence-electron chi connectivity index (χ3n) is 4.77.